The highest BCUT2D eigenvalue weighted by atomic mass is 32.2. The van der Waals surface area contributed by atoms with Gasteiger partial charge in [0.15, 0.2) is 16.4 Å². The van der Waals surface area contributed by atoms with Crippen molar-refractivity contribution in [2.24, 2.45) is 0 Å². The van der Waals surface area contributed by atoms with Gasteiger partial charge in [0.1, 0.15) is 11.6 Å². The van der Waals surface area contributed by atoms with Gasteiger partial charge in [-0.25, -0.2) is 12.8 Å². The SMILES string of the molecule is C[C@@H](NC(=O)COc1cccc(F)c1)c1ccc(S(C)(=O)=O)cc1. The molecule has 0 bridgehead atoms. The number of benzene rings is 2. The molecule has 2 aromatic carbocycles. The molecule has 0 radical (unpaired) electrons. The van der Waals surface area contributed by atoms with Crippen LogP contribution >= 0.6 is 0 Å². The Morgan fingerprint density at radius 3 is 2.46 bits per heavy atom. The van der Waals surface area contributed by atoms with Crippen LogP contribution in [0, 0.1) is 5.82 Å². The van der Waals surface area contributed by atoms with Gasteiger partial charge in [0.25, 0.3) is 5.91 Å². The summed E-state index contributed by atoms with van der Waals surface area (Å²) in [6, 6.07) is 11.5. The Morgan fingerprint density at radius 2 is 1.88 bits per heavy atom. The fraction of sp³-hybridized carbons (Fsp3) is 0.235. The van der Waals surface area contributed by atoms with Crippen LogP contribution in [0.25, 0.3) is 0 Å². The van der Waals surface area contributed by atoms with Gasteiger partial charge in [-0.2, -0.15) is 0 Å². The van der Waals surface area contributed by atoms with Crippen LogP contribution in [0.4, 0.5) is 4.39 Å². The first-order valence-electron chi connectivity index (χ1n) is 7.23. The highest BCUT2D eigenvalue weighted by Gasteiger charge is 2.12. The van der Waals surface area contributed by atoms with Gasteiger partial charge in [-0.1, -0.05) is 18.2 Å². The number of carbonyl (C=O) groups excluding carboxylic acids is 1. The summed E-state index contributed by atoms with van der Waals surface area (Å²) < 4.78 is 41.1. The molecule has 1 N–H and O–H groups in total. The van der Waals surface area contributed by atoms with E-state index in [0.29, 0.717) is 0 Å². The summed E-state index contributed by atoms with van der Waals surface area (Å²) in [4.78, 5) is 12.1. The fourth-order valence-electron chi connectivity index (χ4n) is 2.08. The highest BCUT2D eigenvalue weighted by Crippen LogP contribution is 2.16. The normalized spacial score (nSPS) is 12.5. The summed E-state index contributed by atoms with van der Waals surface area (Å²) in [5, 5.41) is 2.73. The number of nitrogens with one attached hydrogen (secondary N) is 1. The Kier molecular flexibility index (Phi) is 5.56. The topological polar surface area (TPSA) is 72.5 Å². The fourth-order valence-corrected chi connectivity index (χ4v) is 2.71. The molecule has 1 atom stereocenters. The molecule has 24 heavy (non-hydrogen) atoms. The van der Waals surface area contributed by atoms with Crippen molar-refractivity contribution in [3.05, 3.63) is 59.9 Å². The number of amides is 1. The van der Waals surface area contributed by atoms with E-state index in [1.54, 1.807) is 25.1 Å². The Labute approximate surface area is 140 Å². The number of hydrogen-bond acceptors (Lipinski definition) is 4. The van der Waals surface area contributed by atoms with E-state index in [9.17, 15) is 17.6 Å². The predicted octanol–water partition coefficient (Wildman–Crippen LogP) is 2.49. The molecule has 2 aromatic rings. The molecule has 0 aliphatic heterocycles. The van der Waals surface area contributed by atoms with E-state index in [0.717, 1.165) is 11.8 Å². The molecule has 7 heteroatoms. The van der Waals surface area contributed by atoms with Crippen LogP contribution in [-0.2, 0) is 14.6 Å². The predicted molar refractivity (Wildman–Crippen MR) is 88.0 cm³/mol. The van der Waals surface area contributed by atoms with Crippen LogP contribution in [-0.4, -0.2) is 27.2 Å². The minimum Gasteiger partial charge on any atom is -0.484 e. The van der Waals surface area contributed by atoms with Crippen LogP contribution in [0.1, 0.15) is 18.5 Å². The molecule has 0 fully saturated rings. The third-order valence-corrected chi connectivity index (χ3v) is 4.48. The zero-order valence-corrected chi connectivity index (χ0v) is 14.1. The Hall–Kier alpha value is -2.41. The average Bonchev–Trinajstić information content (AvgIpc) is 2.52. The Morgan fingerprint density at radius 1 is 1.21 bits per heavy atom. The number of halogens is 1. The highest BCUT2D eigenvalue weighted by molar-refractivity contribution is 7.90. The Balaban J connectivity index is 1.91. The number of sulfone groups is 1. The van der Waals surface area contributed by atoms with E-state index in [4.69, 9.17) is 4.74 Å². The van der Waals surface area contributed by atoms with Crippen molar-refractivity contribution in [3.63, 3.8) is 0 Å². The average molecular weight is 351 g/mol. The second-order valence-electron chi connectivity index (χ2n) is 5.38. The Bertz CT molecular complexity index is 819. The summed E-state index contributed by atoms with van der Waals surface area (Å²) in [7, 11) is -3.25. The van der Waals surface area contributed by atoms with Gasteiger partial charge in [-0.3, -0.25) is 4.79 Å². The molecule has 0 aliphatic carbocycles. The molecule has 0 saturated heterocycles. The van der Waals surface area contributed by atoms with Gasteiger partial charge in [0, 0.05) is 12.3 Å². The molecule has 5 nitrogen and oxygen atoms in total. The summed E-state index contributed by atoms with van der Waals surface area (Å²) >= 11 is 0. The lowest BCUT2D eigenvalue weighted by Gasteiger charge is -2.15. The van der Waals surface area contributed by atoms with E-state index >= 15 is 0 Å². The van der Waals surface area contributed by atoms with Crippen LogP contribution < -0.4 is 10.1 Å². The lowest BCUT2D eigenvalue weighted by atomic mass is 10.1. The smallest absolute Gasteiger partial charge is 0.258 e. The molecule has 128 valence electrons. The van der Waals surface area contributed by atoms with Crippen molar-refractivity contribution in [1.29, 1.82) is 0 Å². The third kappa shape index (κ3) is 5.06. The molecule has 0 saturated carbocycles. The molecule has 1 amide bonds. The van der Waals surface area contributed by atoms with Gasteiger partial charge in [0.2, 0.25) is 0 Å². The van der Waals surface area contributed by atoms with E-state index < -0.39 is 15.7 Å². The van der Waals surface area contributed by atoms with Gasteiger partial charge in [-0.15, -0.1) is 0 Å². The molecular weight excluding hydrogens is 333 g/mol. The number of rotatable bonds is 6. The van der Waals surface area contributed by atoms with E-state index in [1.807, 2.05) is 0 Å². The maximum absolute atomic E-state index is 13.0. The monoisotopic (exact) mass is 351 g/mol. The summed E-state index contributed by atoms with van der Waals surface area (Å²) in [6.07, 6.45) is 1.14. The van der Waals surface area contributed by atoms with Crippen LogP contribution in [0.5, 0.6) is 5.75 Å². The first kappa shape index (κ1) is 17.9. The van der Waals surface area contributed by atoms with E-state index in [2.05, 4.69) is 5.32 Å². The zero-order valence-electron chi connectivity index (χ0n) is 13.3. The first-order chi connectivity index (χ1) is 11.3. The summed E-state index contributed by atoms with van der Waals surface area (Å²) in [5.41, 5.74) is 0.765. The molecule has 0 heterocycles. The van der Waals surface area contributed by atoms with E-state index in [-0.39, 0.29) is 29.2 Å². The maximum atomic E-state index is 13.0. The first-order valence-corrected chi connectivity index (χ1v) is 9.12. The van der Waals surface area contributed by atoms with Crippen molar-refractivity contribution in [2.75, 3.05) is 12.9 Å². The lowest BCUT2D eigenvalue weighted by Crippen LogP contribution is -2.31. The van der Waals surface area contributed by atoms with Gasteiger partial charge in [-0.05, 0) is 36.8 Å². The van der Waals surface area contributed by atoms with Crippen molar-refractivity contribution < 1.29 is 22.3 Å². The van der Waals surface area contributed by atoms with Crippen LogP contribution in [0.3, 0.4) is 0 Å². The number of carbonyl (C=O) groups is 1. The van der Waals surface area contributed by atoms with E-state index in [1.165, 1.54) is 30.3 Å². The summed E-state index contributed by atoms with van der Waals surface area (Å²) in [6.45, 7) is 1.53. The molecule has 0 aromatic heterocycles. The summed E-state index contributed by atoms with van der Waals surface area (Å²) in [5.74, 6) is -0.526. The minimum atomic E-state index is -3.25. The van der Waals surface area contributed by atoms with Gasteiger partial charge >= 0.3 is 0 Å². The number of hydrogen-bond donors (Lipinski definition) is 1. The minimum absolute atomic E-state index is 0.221. The molecule has 0 spiro atoms. The van der Waals surface area contributed by atoms with Crippen molar-refractivity contribution >= 4 is 15.7 Å². The lowest BCUT2D eigenvalue weighted by molar-refractivity contribution is -0.123. The third-order valence-electron chi connectivity index (χ3n) is 3.35. The van der Waals surface area contributed by atoms with Crippen LogP contribution in [0.2, 0.25) is 0 Å². The van der Waals surface area contributed by atoms with Crippen molar-refractivity contribution in [3.8, 4) is 5.75 Å². The molecule has 2 rings (SSSR count). The van der Waals surface area contributed by atoms with Crippen molar-refractivity contribution in [1.82, 2.24) is 5.32 Å². The largest absolute Gasteiger partial charge is 0.484 e. The molecular formula is C17H18FNO4S. The van der Waals surface area contributed by atoms with Crippen LogP contribution in [0.15, 0.2) is 53.4 Å². The standard InChI is InChI=1S/C17H18FNO4S/c1-12(13-6-8-16(9-7-13)24(2,21)22)19-17(20)11-23-15-5-3-4-14(18)10-15/h3-10,12H,11H2,1-2H3,(H,19,20)/t12-/m1/s1. The second-order valence-corrected chi connectivity index (χ2v) is 7.39. The van der Waals surface area contributed by atoms with Crippen molar-refractivity contribution in [2.45, 2.75) is 17.9 Å². The molecule has 0 unspecified atom stereocenters. The van der Waals surface area contributed by atoms with Gasteiger partial charge < -0.3 is 10.1 Å². The maximum Gasteiger partial charge on any atom is 0.258 e. The zero-order chi connectivity index (χ0) is 17.7. The number of ether oxygens (including phenoxy) is 1. The quantitative estimate of drug-likeness (QED) is 0.868. The molecule has 0 aliphatic rings. The second kappa shape index (κ2) is 7.44. The van der Waals surface area contributed by atoms with Gasteiger partial charge in [0.05, 0.1) is 10.9 Å².